The van der Waals surface area contributed by atoms with Crippen LogP contribution in [0.5, 0.6) is 17.2 Å². The molecule has 2 amide bonds. The molecule has 1 atom stereocenters. The highest BCUT2D eigenvalue weighted by atomic mass is 16.7. The normalized spacial score (nSPS) is 19.9. The molecule has 0 radical (unpaired) electrons. The van der Waals surface area contributed by atoms with Gasteiger partial charge in [-0.2, -0.15) is 0 Å². The highest BCUT2D eigenvalue weighted by Crippen LogP contribution is 2.34. The number of carbonyl (C=O) groups is 1. The fraction of sp³-hybridized carbons (Fsp3) is 0.533. The molecule has 7 heteroatoms. The van der Waals surface area contributed by atoms with Crippen molar-refractivity contribution in [3.05, 3.63) is 18.2 Å². The second kappa shape index (κ2) is 6.74. The monoisotopic (exact) mass is 308 g/mol. The van der Waals surface area contributed by atoms with Crippen LogP contribution in [0.15, 0.2) is 18.2 Å². The molecule has 120 valence electrons. The van der Waals surface area contributed by atoms with Crippen LogP contribution in [0.1, 0.15) is 6.92 Å². The molecule has 1 aromatic rings. The lowest BCUT2D eigenvalue weighted by atomic mass is 10.3. The van der Waals surface area contributed by atoms with Crippen molar-refractivity contribution in [3.8, 4) is 17.2 Å². The van der Waals surface area contributed by atoms with Crippen molar-refractivity contribution in [2.75, 3.05) is 39.7 Å². The van der Waals surface area contributed by atoms with Gasteiger partial charge in [0, 0.05) is 12.6 Å². The average molecular weight is 308 g/mol. The SMILES string of the molecule is C[C@H]1COCCN1C(=O)NCCOc1ccc2c(c1)OCO2. The number of urea groups is 1. The Kier molecular flexibility index (Phi) is 4.53. The second-order valence-corrected chi connectivity index (χ2v) is 5.21. The van der Waals surface area contributed by atoms with Gasteiger partial charge >= 0.3 is 6.03 Å². The van der Waals surface area contributed by atoms with Crippen molar-refractivity contribution in [1.29, 1.82) is 0 Å². The Hall–Kier alpha value is -2.15. The van der Waals surface area contributed by atoms with Crippen LogP contribution in [-0.4, -0.2) is 56.7 Å². The molecule has 7 nitrogen and oxygen atoms in total. The summed E-state index contributed by atoms with van der Waals surface area (Å²) in [4.78, 5) is 13.8. The maximum absolute atomic E-state index is 12.0. The minimum absolute atomic E-state index is 0.0786. The summed E-state index contributed by atoms with van der Waals surface area (Å²) < 4.78 is 21.4. The number of nitrogens with one attached hydrogen (secondary N) is 1. The zero-order chi connectivity index (χ0) is 15.4. The molecular formula is C15H20N2O5. The van der Waals surface area contributed by atoms with Crippen LogP contribution in [0.2, 0.25) is 0 Å². The van der Waals surface area contributed by atoms with E-state index in [1.54, 1.807) is 11.0 Å². The standard InChI is InChI=1S/C15H20N2O5/c1-11-9-19-7-5-17(11)15(18)16-4-6-20-12-2-3-13-14(8-12)22-10-21-13/h2-3,8,11H,4-7,9-10H2,1H3,(H,16,18)/t11-/m0/s1. The van der Waals surface area contributed by atoms with Crippen LogP contribution in [-0.2, 0) is 4.74 Å². The molecule has 0 unspecified atom stereocenters. The summed E-state index contributed by atoms with van der Waals surface area (Å²) in [6.07, 6.45) is 0. The van der Waals surface area contributed by atoms with Crippen molar-refractivity contribution < 1.29 is 23.7 Å². The Balaban J connectivity index is 1.41. The Morgan fingerprint density at radius 1 is 1.41 bits per heavy atom. The lowest BCUT2D eigenvalue weighted by molar-refractivity contribution is 0.0189. The molecule has 2 heterocycles. The van der Waals surface area contributed by atoms with Crippen LogP contribution >= 0.6 is 0 Å². The van der Waals surface area contributed by atoms with Gasteiger partial charge in [0.05, 0.1) is 25.8 Å². The van der Waals surface area contributed by atoms with Gasteiger partial charge in [-0.3, -0.25) is 0 Å². The summed E-state index contributed by atoms with van der Waals surface area (Å²) >= 11 is 0. The van der Waals surface area contributed by atoms with E-state index in [1.807, 2.05) is 19.1 Å². The minimum Gasteiger partial charge on any atom is -0.492 e. The van der Waals surface area contributed by atoms with E-state index >= 15 is 0 Å². The molecule has 0 saturated carbocycles. The summed E-state index contributed by atoms with van der Waals surface area (Å²) in [6.45, 7) is 4.85. The van der Waals surface area contributed by atoms with E-state index in [4.69, 9.17) is 18.9 Å². The Labute approximate surface area is 129 Å². The topological polar surface area (TPSA) is 69.3 Å². The third-order valence-corrected chi connectivity index (χ3v) is 3.62. The van der Waals surface area contributed by atoms with E-state index < -0.39 is 0 Å². The lowest BCUT2D eigenvalue weighted by Gasteiger charge is -2.33. The van der Waals surface area contributed by atoms with Crippen molar-refractivity contribution >= 4 is 6.03 Å². The number of nitrogens with zero attached hydrogens (tertiary/aromatic N) is 1. The van der Waals surface area contributed by atoms with Crippen LogP contribution in [0, 0.1) is 0 Å². The molecule has 1 saturated heterocycles. The number of benzene rings is 1. The molecule has 3 rings (SSSR count). The van der Waals surface area contributed by atoms with Gasteiger partial charge in [0.25, 0.3) is 0 Å². The minimum atomic E-state index is -0.0786. The van der Waals surface area contributed by atoms with Crippen molar-refractivity contribution in [1.82, 2.24) is 10.2 Å². The number of ether oxygens (including phenoxy) is 4. The van der Waals surface area contributed by atoms with Crippen molar-refractivity contribution in [2.45, 2.75) is 13.0 Å². The first-order valence-electron chi connectivity index (χ1n) is 7.39. The van der Waals surface area contributed by atoms with E-state index in [0.717, 1.165) is 5.75 Å². The van der Waals surface area contributed by atoms with Crippen molar-refractivity contribution in [2.24, 2.45) is 0 Å². The first kappa shape index (κ1) is 14.8. The Morgan fingerprint density at radius 3 is 3.14 bits per heavy atom. The quantitative estimate of drug-likeness (QED) is 0.847. The zero-order valence-electron chi connectivity index (χ0n) is 12.5. The van der Waals surface area contributed by atoms with Crippen LogP contribution in [0.25, 0.3) is 0 Å². The lowest BCUT2D eigenvalue weighted by Crippen LogP contribution is -2.51. The zero-order valence-corrected chi connectivity index (χ0v) is 12.5. The van der Waals surface area contributed by atoms with Gasteiger partial charge in [-0.25, -0.2) is 4.79 Å². The van der Waals surface area contributed by atoms with Crippen LogP contribution in [0.4, 0.5) is 4.79 Å². The van der Waals surface area contributed by atoms with Crippen LogP contribution in [0.3, 0.4) is 0 Å². The van der Waals surface area contributed by atoms with E-state index in [0.29, 0.717) is 44.4 Å². The van der Waals surface area contributed by atoms with Crippen LogP contribution < -0.4 is 19.5 Å². The first-order chi connectivity index (χ1) is 10.7. The third-order valence-electron chi connectivity index (χ3n) is 3.62. The van der Waals surface area contributed by atoms with Gasteiger partial charge in [-0.1, -0.05) is 0 Å². The fourth-order valence-electron chi connectivity index (χ4n) is 2.42. The fourth-order valence-corrected chi connectivity index (χ4v) is 2.42. The summed E-state index contributed by atoms with van der Waals surface area (Å²) in [5, 5.41) is 2.86. The van der Waals surface area contributed by atoms with E-state index in [2.05, 4.69) is 5.32 Å². The number of hydrogen-bond acceptors (Lipinski definition) is 5. The summed E-state index contributed by atoms with van der Waals surface area (Å²) in [7, 11) is 0. The number of hydrogen-bond donors (Lipinski definition) is 1. The predicted octanol–water partition coefficient (Wildman–Crippen LogP) is 1.22. The Bertz CT molecular complexity index is 537. The molecular weight excluding hydrogens is 288 g/mol. The molecule has 2 aliphatic heterocycles. The third kappa shape index (κ3) is 3.36. The average Bonchev–Trinajstić information content (AvgIpc) is 2.99. The van der Waals surface area contributed by atoms with Gasteiger partial charge in [-0.15, -0.1) is 0 Å². The molecule has 2 aliphatic rings. The molecule has 0 aliphatic carbocycles. The summed E-state index contributed by atoms with van der Waals surface area (Å²) in [5.41, 5.74) is 0. The molecule has 22 heavy (non-hydrogen) atoms. The summed E-state index contributed by atoms with van der Waals surface area (Å²) in [5.74, 6) is 2.10. The van der Waals surface area contributed by atoms with Gasteiger partial charge in [0.1, 0.15) is 12.4 Å². The molecule has 0 aromatic heterocycles. The molecule has 1 aromatic carbocycles. The van der Waals surface area contributed by atoms with Gasteiger partial charge in [0.2, 0.25) is 6.79 Å². The van der Waals surface area contributed by atoms with Gasteiger partial charge in [0.15, 0.2) is 11.5 Å². The molecule has 0 spiro atoms. The van der Waals surface area contributed by atoms with Gasteiger partial charge < -0.3 is 29.2 Å². The molecule has 1 N–H and O–H groups in total. The smallest absolute Gasteiger partial charge is 0.317 e. The second-order valence-electron chi connectivity index (χ2n) is 5.21. The number of morpholine rings is 1. The van der Waals surface area contributed by atoms with Gasteiger partial charge in [-0.05, 0) is 19.1 Å². The predicted molar refractivity (Wildman–Crippen MR) is 78.4 cm³/mol. The molecule has 0 bridgehead atoms. The number of amides is 2. The van der Waals surface area contributed by atoms with E-state index in [-0.39, 0.29) is 18.9 Å². The first-order valence-corrected chi connectivity index (χ1v) is 7.39. The highest BCUT2D eigenvalue weighted by molar-refractivity contribution is 5.74. The maximum atomic E-state index is 12.0. The number of rotatable bonds is 4. The molecule has 1 fully saturated rings. The number of fused-ring (bicyclic) bond motifs is 1. The highest BCUT2D eigenvalue weighted by Gasteiger charge is 2.23. The maximum Gasteiger partial charge on any atom is 0.317 e. The van der Waals surface area contributed by atoms with Crippen molar-refractivity contribution in [3.63, 3.8) is 0 Å². The Morgan fingerprint density at radius 2 is 2.27 bits per heavy atom. The summed E-state index contributed by atoms with van der Waals surface area (Å²) in [6, 6.07) is 5.44. The van der Waals surface area contributed by atoms with E-state index in [9.17, 15) is 4.79 Å². The largest absolute Gasteiger partial charge is 0.492 e. The van der Waals surface area contributed by atoms with E-state index in [1.165, 1.54) is 0 Å². The number of carbonyl (C=O) groups excluding carboxylic acids is 1.